The predicted octanol–water partition coefficient (Wildman–Crippen LogP) is 3.83. The minimum Gasteiger partial charge on any atom is -0.497 e. The second-order valence-corrected chi connectivity index (χ2v) is 8.11. The first-order valence-electron chi connectivity index (χ1n) is 10.6. The van der Waals surface area contributed by atoms with Crippen LogP contribution in [-0.4, -0.2) is 38.0 Å². The Labute approximate surface area is 181 Å². The molecule has 0 aromatic heterocycles. The van der Waals surface area contributed by atoms with Crippen LogP contribution in [0.15, 0.2) is 53.7 Å². The number of ether oxygens (including phenoxy) is 2. The summed E-state index contributed by atoms with van der Waals surface area (Å²) in [5.74, 6) is 0.486. The van der Waals surface area contributed by atoms with Gasteiger partial charge in [0.05, 0.1) is 18.2 Å². The normalized spacial score (nSPS) is 19.9. The molecule has 0 radical (unpaired) electrons. The maximum atomic E-state index is 13.6. The van der Waals surface area contributed by atoms with E-state index in [4.69, 9.17) is 14.3 Å². The summed E-state index contributed by atoms with van der Waals surface area (Å²) in [7, 11) is 1.63. The van der Waals surface area contributed by atoms with E-state index in [2.05, 4.69) is 10.5 Å². The zero-order chi connectivity index (χ0) is 21.7. The van der Waals surface area contributed by atoms with E-state index >= 15 is 0 Å². The molecule has 7 heteroatoms. The first kappa shape index (κ1) is 21.3. The van der Waals surface area contributed by atoms with Crippen molar-refractivity contribution < 1.29 is 23.5 Å². The molecule has 0 aliphatic carbocycles. The minimum absolute atomic E-state index is 0.00873. The highest BCUT2D eigenvalue weighted by Gasteiger charge is 2.43. The number of halogens is 1. The van der Waals surface area contributed by atoms with Crippen LogP contribution in [0.5, 0.6) is 5.75 Å². The smallest absolute Gasteiger partial charge is 0.226 e. The van der Waals surface area contributed by atoms with E-state index in [0.29, 0.717) is 56.7 Å². The predicted molar refractivity (Wildman–Crippen MR) is 114 cm³/mol. The first-order valence-corrected chi connectivity index (χ1v) is 10.6. The van der Waals surface area contributed by atoms with Crippen molar-refractivity contribution in [2.45, 2.75) is 38.3 Å². The average Bonchev–Trinajstić information content (AvgIpc) is 3.26. The summed E-state index contributed by atoms with van der Waals surface area (Å²) in [4.78, 5) is 18.9. The molecule has 6 nitrogen and oxygen atoms in total. The number of carbonyl (C=O) groups excluding carboxylic acids is 1. The monoisotopic (exact) mass is 426 g/mol. The molecule has 4 rings (SSSR count). The number of hydrogen-bond acceptors (Lipinski definition) is 5. The van der Waals surface area contributed by atoms with Crippen LogP contribution in [0.25, 0.3) is 0 Å². The molecule has 2 aliphatic heterocycles. The third-order valence-corrected chi connectivity index (χ3v) is 6.05. The van der Waals surface area contributed by atoms with Gasteiger partial charge in [0, 0.05) is 38.2 Å². The number of rotatable bonds is 7. The van der Waals surface area contributed by atoms with Gasteiger partial charge < -0.3 is 19.6 Å². The zero-order valence-electron chi connectivity index (χ0n) is 17.6. The molecule has 2 aliphatic rings. The van der Waals surface area contributed by atoms with Gasteiger partial charge in [-0.05, 0) is 42.7 Å². The maximum Gasteiger partial charge on any atom is 0.226 e. The lowest BCUT2D eigenvalue weighted by Crippen LogP contribution is -2.46. The number of hydrogen-bond donors (Lipinski definition) is 1. The van der Waals surface area contributed by atoms with Crippen molar-refractivity contribution in [3.63, 3.8) is 0 Å². The van der Waals surface area contributed by atoms with Crippen molar-refractivity contribution in [3.05, 3.63) is 65.5 Å². The van der Waals surface area contributed by atoms with Gasteiger partial charge in [-0.25, -0.2) is 4.39 Å². The van der Waals surface area contributed by atoms with E-state index in [9.17, 15) is 9.18 Å². The third-order valence-electron chi connectivity index (χ3n) is 6.05. The van der Waals surface area contributed by atoms with E-state index in [1.807, 2.05) is 30.3 Å². The Morgan fingerprint density at radius 1 is 1.23 bits per heavy atom. The molecular formula is C24H27FN2O4. The SMILES string of the molecule is COc1ccc(CNC(=O)C2(CC3CC(c4cccc(F)c4)=NO3)CCOCC2)cc1. The van der Waals surface area contributed by atoms with Gasteiger partial charge in [-0.3, -0.25) is 4.79 Å². The first-order chi connectivity index (χ1) is 15.1. The molecule has 31 heavy (non-hydrogen) atoms. The molecule has 1 amide bonds. The minimum atomic E-state index is -0.567. The summed E-state index contributed by atoms with van der Waals surface area (Å²) < 4.78 is 24.3. The van der Waals surface area contributed by atoms with Crippen molar-refractivity contribution in [1.29, 1.82) is 0 Å². The second-order valence-electron chi connectivity index (χ2n) is 8.11. The number of carbonyl (C=O) groups is 1. The Bertz CT molecular complexity index is 939. The summed E-state index contributed by atoms with van der Waals surface area (Å²) in [6, 6.07) is 14.0. The van der Waals surface area contributed by atoms with E-state index in [1.165, 1.54) is 12.1 Å². The fraction of sp³-hybridized carbons (Fsp3) is 0.417. The van der Waals surface area contributed by atoms with Gasteiger partial charge >= 0.3 is 0 Å². The average molecular weight is 426 g/mol. The molecule has 2 aromatic rings. The summed E-state index contributed by atoms with van der Waals surface area (Å²) in [5, 5.41) is 7.26. The number of nitrogens with zero attached hydrogens (tertiary/aromatic N) is 1. The third kappa shape index (κ3) is 5.05. The standard InChI is InChI=1S/C24H27FN2O4/c1-29-20-7-5-17(6-8-20)16-26-23(28)24(9-11-30-12-10-24)15-21-14-22(27-31-21)18-3-2-4-19(25)13-18/h2-8,13,21H,9-12,14-16H2,1H3,(H,26,28). The highest BCUT2D eigenvalue weighted by Crippen LogP contribution is 2.38. The van der Waals surface area contributed by atoms with Crippen LogP contribution in [0, 0.1) is 11.2 Å². The summed E-state index contributed by atoms with van der Waals surface area (Å²) >= 11 is 0. The second kappa shape index (κ2) is 9.47. The van der Waals surface area contributed by atoms with Gasteiger partial charge in [-0.2, -0.15) is 0 Å². The molecule has 1 atom stereocenters. The summed E-state index contributed by atoms with van der Waals surface area (Å²) in [5.41, 5.74) is 1.87. The fourth-order valence-electron chi connectivity index (χ4n) is 4.21. The Hall–Kier alpha value is -2.93. The number of amides is 1. The largest absolute Gasteiger partial charge is 0.497 e. The zero-order valence-corrected chi connectivity index (χ0v) is 17.6. The molecule has 0 saturated carbocycles. The van der Waals surface area contributed by atoms with E-state index in [-0.39, 0.29) is 17.8 Å². The molecule has 1 N–H and O–H groups in total. The number of oxime groups is 1. The van der Waals surface area contributed by atoms with Crippen molar-refractivity contribution in [1.82, 2.24) is 5.32 Å². The molecule has 2 aromatic carbocycles. The van der Waals surface area contributed by atoms with Gasteiger partial charge in [0.2, 0.25) is 5.91 Å². The lowest BCUT2D eigenvalue weighted by Gasteiger charge is -2.37. The molecule has 1 fully saturated rings. The van der Waals surface area contributed by atoms with Crippen LogP contribution in [0.4, 0.5) is 4.39 Å². The van der Waals surface area contributed by atoms with Crippen LogP contribution in [-0.2, 0) is 20.9 Å². The molecule has 164 valence electrons. The lowest BCUT2D eigenvalue weighted by molar-refractivity contribution is -0.140. The number of methoxy groups -OCH3 is 1. The fourth-order valence-corrected chi connectivity index (χ4v) is 4.21. The van der Waals surface area contributed by atoms with Gasteiger partial charge in [0.25, 0.3) is 0 Å². The molecule has 1 unspecified atom stereocenters. The van der Waals surface area contributed by atoms with Crippen LogP contribution >= 0.6 is 0 Å². The highest BCUT2D eigenvalue weighted by molar-refractivity contribution is 6.01. The van der Waals surface area contributed by atoms with Crippen LogP contribution in [0.2, 0.25) is 0 Å². The van der Waals surface area contributed by atoms with E-state index in [1.54, 1.807) is 13.2 Å². The highest BCUT2D eigenvalue weighted by atomic mass is 19.1. The number of benzene rings is 2. The Balaban J connectivity index is 1.40. The molecule has 0 spiro atoms. The molecule has 2 heterocycles. The molecule has 1 saturated heterocycles. The molecule has 0 bridgehead atoms. The quantitative estimate of drug-likeness (QED) is 0.731. The summed E-state index contributed by atoms with van der Waals surface area (Å²) in [6.07, 6.45) is 2.15. The van der Waals surface area contributed by atoms with Gasteiger partial charge in [-0.15, -0.1) is 0 Å². The van der Waals surface area contributed by atoms with Crippen molar-refractivity contribution in [2.75, 3.05) is 20.3 Å². The Morgan fingerprint density at radius 3 is 2.71 bits per heavy atom. The topological polar surface area (TPSA) is 69.2 Å². The Kier molecular flexibility index (Phi) is 6.51. The van der Waals surface area contributed by atoms with E-state index < -0.39 is 5.41 Å². The van der Waals surface area contributed by atoms with Crippen molar-refractivity contribution >= 4 is 11.6 Å². The summed E-state index contributed by atoms with van der Waals surface area (Å²) in [6.45, 7) is 1.53. The van der Waals surface area contributed by atoms with Gasteiger partial charge in [0.1, 0.15) is 17.7 Å². The van der Waals surface area contributed by atoms with Crippen molar-refractivity contribution in [3.8, 4) is 5.75 Å². The maximum absolute atomic E-state index is 13.6. The lowest BCUT2D eigenvalue weighted by atomic mass is 9.74. The number of nitrogens with one attached hydrogen (secondary N) is 1. The van der Waals surface area contributed by atoms with Gasteiger partial charge in [-0.1, -0.05) is 29.4 Å². The van der Waals surface area contributed by atoms with Gasteiger partial charge in [0.15, 0.2) is 0 Å². The van der Waals surface area contributed by atoms with Crippen LogP contribution in [0.1, 0.15) is 36.8 Å². The van der Waals surface area contributed by atoms with Crippen molar-refractivity contribution in [2.24, 2.45) is 10.6 Å². The van der Waals surface area contributed by atoms with Crippen LogP contribution in [0.3, 0.4) is 0 Å². The Morgan fingerprint density at radius 2 is 2.00 bits per heavy atom. The molecular weight excluding hydrogens is 399 g/mol. The van der Waals surface area contributed by atoms with Crippen LogP contribution < -0.4 is 10.1 Å². The van der Waals surface area contributed by atoms with E-state index in [0.717, 1.165) is 11.3 Å².